The Morgan fingerprint density at radius 1 is 0.821 bits per heavy atom. The van der Waals surface area contributed by atoms with Gasteiger partial charge >= 0.3 is 0 Å². The summed E-state index contributed by atoms with van der Waals surface area (Å²) >= 11 is 24.6. The van der Waals surface area contributed by atoms with Gasteiger partial charge in [0, 0.05) is 30.3 Å². The minimum absolute atomic E-state index is 0.0832. The maximum atomic E-state index is 14.0. The highest BCUT2D eigenvalue weighted by Crippen LogP contribution is 2.28. The summed E-state index contributed by atoms with van der Waals surface area (Å²) in [6.45, 7) is 4.36. The summed E-state index contributed by atoms with van der Waals surface area (Å²) in [6, 6.07) is 19.9. The van der Waals surface area contributed by atoms with E-state index in [1.807, 2.05) is 44.2 Å². The second-order valence-electron chi connectivity index (χ2n) is 9.77. The van der Waals surface area contributed by atoms with Gasteiger partial charge in [0.15, 0.2) is 5.78 Å². The van der Waals surface area contributed by atoms with E-state index in [0.717, 1.165) is 16.7 Å². The van der Waals surface area contributed by atoms with Crippen molar-refractivity contribution < 1.29 is 9.59 Å². The van der Waals surface area contributed by atoms with Crippen molar-refractivity contribution in [3.63, 3.8) is 0 Å². The number of nitrogens with one attached hydrogen (secondary N) is 1. The number of hydrogen-bond donors (Lipinski definition) is 1. The van der Waals surface area contributed by atoms with Gasteiger partial charge in [-0.05, 0) is 59.5 Å². The Labute approximate surface area is 249 Å². The third-order valence-corrected chi connectivity index (χ3v) is 7.78. The summed E-state index contributed by atoms with van der Waals surface area (Å²) in [5, 5.41) is 5.04. The second kappa shape index (κ2) is 13.2. The Morgan fingerprint density at radius 2 is 1.33 bits per heavy atom. The van der Waals surface area contributed by atoms with Crippen LogP contribution in [-0.4, -0.2) is 41.8 Å². The first-order valence-electron chi connectivity index (χ1n) is 12.6. The Kier molecular flexibility index (Phi) is 9.92. The average Bonchev–Trinajstić information content (AvgIpc) is 2.90. The monoisotopic (exact) mass is 600 g/mol. The highest BCUT2D eigenvalue weighted by Gasteiger charge is 2.33. The number of halogens is 4. The fraction of sp³-hybridized carbons (Fsp3) is 0.226. The van der Waals surface area contributed by atoms with Crippen LogP contribution < -0.4 is 5.32 Å². The normalized spacial score (nSPS) is 16.8. The van der Waals surface area contributed by atoms with Crippen LogP contribution in [0.4, 0.5) is 0 Å². The van der Waals surface area contributed by atoms with Crippen LogP contribution in [0.1, 0.15) is 30.5 Å². The van der Waals surface area contributed by atoms with Gasteiger partial charge in [-0.3, -0.25) is 9.59 Å². The molecule has 0 bridgehead atoms. The van der Waals surface area contributed by atoms with Crippen molar-refractivity contribution in [3.05, 3.63) is 115 Å². The first-order chi connectivity index (χ1) is 18.6. The first kappa shape index (κ1) is 29.4. The quantitative estimate of drug-likeness (QED) is 0.281. The van der Waals surface area contributed by atoms with Crippen molar-refractivity contribution in [1.29, 1.82) is 0 Å². The van der Waals surface area contributed by atoms with Crippen LogP contribution in [0.3, 0.4) is 0 Å². The lowest BCUT2D eigenvalue weighted by Gasteiger charge is -2.33. The van der Waals surface area contributed by atoms with Gasteiger partial charge in [0.25, 0.3) is 0 Å². The third kappa shape index (κ3) is 7.75. The minimum atomic E-state index is -0.460. The summed E-state index contributed by atoms with van der Waals surface area (Å²) < 4.78 is 0. The molecule has 3 aromatic rings. The number of likely N-dealkylation sites (tertiary alicyclic amines) is 1. The maximum Gasteiger partial charge on any atom is 0.240 e. The van der Waals surface area contributed by atoms with Crippen LogP contribution >= 0.6 is 46.4 Å². The van der Waals surface area contributed by atoms with E-state index in [4.69, 9.17) is 46.4 Å². The molecular weight excluding hydrogens is 574 g/mol. The average molecular weight is 602 g/mol. The number of amides is 1. The smallest absolute Gasteiger partial charge is 0.240 e. The fourth-order valence-corrected chi connectivity index (χ4v) is 5.11. The summed E-state index contributed by atoms with van der Waals surface area (Å²) in [6.07, 6.45) is 4.05. The Balaban J connectivity index is 1.72. The van der Waals surface area contributed by atoms with Crippen LogP contribution in [-0.2, 0) is 16.0 Å². The molecule has 0 radical (unpaired) electrons. The summed E-state index contributed by atoms with van der Waals surface area (Å²) in [4.78, 5) is 29.3. The predicted molar refractivity (Wildman–Crippen MR) is 163 cm³/mol. The van der Waals surface area contributed by atoms with Gasteiger partial charge < -0.3 is 10.2 Å². The van der Waals surface area contributed by atoms with Crippen molar-refractivity contribution in [2.75, 3.05) is 13.1 Å². The van der Waals surface area contributed by atoms with Crippen molar-refractivity contribution in [2.45, 2.75) is 32.4 Å². The van der Waals surface area contributed by atoms with Gasteiger partial charge in [-0.1, -0.05) is 103 Å². The molecule has 1 fully saturated rings. The van der Waals surface area contributed by atoms with E-state index in [9.17, 15) is 9.59 Å². The minimum Gasteiger partial charge on any atom is -0.332 e. The van der Waals surface area contributed by atoms with Gasteiger partial charge in [-0.2, -0.15) is 0 Å². The standard InChI is InChI=1S/C31H28Cl4N2O2/c1-19(2)36-29(16-20-6-4-3-5-7-20)31(39)37-17-23(12-21-8-10-25(32)27(34)14-21)30(38)24(18-37)13-22-9-11-26(33)28(35)15-22/h3-15,19,29,36H,16-18H2,1-2H3/b23-12+,24-13+/t29-/m0/s1. The first-order valence-corrected chi connectivity index (χ1v) is 14.1. The number of hydrogen-bond acceptors (Lipinski definition) is 3. The van der Waals surface area contributed by atoms with Gasteiger partial charge in [-0.25, -0.2) is 0 Å². The molecule has 1 N–H and O–H groups in total. The van der Waals surface area contributed by atoms with E-state index in [2.05, 4.69) is 5.32 Å². The van der Waals surface area contributed by atoms with Crippen LogP contribution in [0.5, 0.6) is 0 Å². The predicted octanol–water partition coefficient (Wildman–Crippen LogP) is 7.79. The summed E-state index contributed by atoms with van der Waals surface area (Å²) in [7, 11) is 0. The molecule has 0 unspecified atom stereocenters. The molecule has 0 aromatic heterocycles. The van der Waals surface area contributed by atoms with Crippen LogP contribution in [0.2, 0.25) is 20.1 Å². The molecule has 1 aliphatic rings. The summed E-state index contributed by atoms with van der Waals surface area (Å²) in [5.74, 6) is -0.229. The molecular formula is C31H28Cl4N2O2. The zero-order valence-corrected chi connectivity index (χ0v) is 24.6. The topological polar surface area (TPSA) is 49.4 Å². The number of rotatable bonds is 7. The highest BCUT2D eigenvalue weighted by molar-refractivity contribution is 6.42. The molecule has 3 aromatic carbocycles. The molecule has 1 aliphatic heterocycles. The van der Waals surface area contributed by atoms with E-state index in [1.165, 1.54) is 0 Å². The van der Waals surface area contributed by atoms with Gasteiger partial charge in [0.2, 0.25) is 5.91 Å². The molecule has 8 heteroatoms. The molecule has 1 saturated heterocycles. The van der Waals surface area contributed by atoms with E-state index >= 15 is 0 Å². The maximum absolute atomic E-state index is 14.0. The lowest BCUT2D eigenvalue weighted by Crippen LogP contribution is -2.52. The number of ketones is 1. The van der Waals surface area contributed by atoms with Crippen molar-refractivity contribution in [2.24, 2.45) is 0 Å². The molecule has 0 spiro atoms. The number of carbonyl (C=O) groups excluding carboxylic acids is 2. The van der Waals surface area contributed by atoms with Crippen LogP contribution in [0, 0.1) is 0 Å². The Bertz CT molecular complexity index is 1360. The van der Waals surface area contributed by atoms with Crippen molar-refractivity contribution in [3.8, 4) is 0 Å². The van der Waals surface area contributed by atoms with E-state index in [-0.39, 0.29) is 30.8 Å². The fourth-order valence-electron chi connectivity index (χ4n) is 4.49. The Morgan fingerprint density at radius 3 is 1.79 bits per heavy atom. The lowest BCUT2D eigenvalue weighted by atomic mass is 9.93. The van der Waals surface area contributed by atoms with Gasteiger partial charge in [0.1, 0.15) is 0 Å². The van der Waals surface area contributed by atoms with Gasteiger partial charge in [0.05, 0.1) is 26.1 Å². The lowest BCUT2D eigenvalue weighted by molar-refractivity contribution is -0.133. The van der Waals surface area contributed by atoms with Crippen LogP contribution in [0.25, 0.3) is 12.2 Å². The zero-order valence-electron chi connectivity index (χ0n) is 21.6. The molecule has 0 aliphatic carbocycles. The molecule has 202 valence electrons. The third-order valence-electron chi connectivity index (χ3n) is 6.30. The number of nitrogens with zero attached hydrogens (tertiary/aromatic N) is 1. The largest absolute Gasteiger partial charge is 0.332 e. The van der Waals surface area contributed by atoms with E-state index < -0.39 is 6.04 Å². The molecule has 4 rings (SSSR count). The SMILES string of the molecule is CC(C)N[C@@H](Cc1ccccc1)C(=O)N1C/C(=C\c2ccc(Cl)c(Cl)c2)C(=O)/C(=C/c2ccc(Cl)c(Cl)c2)C1. The van der Waals surface area contributed by atoms with Gasteiger partial charge in [-0.15, -0.1) is 0 Å². The number of piperidine rings is 1. The van der Waals surface area contributed by atoms with Crippen molar-refractivity contribution >= 4 is 70.2 Å². The molecule has 1 atom stereocenters. The van der Waals surface area contributed by atoms with Crippen LogP contribution in [0.15, 0.2) is 77.9 Å². The molecule has 4 nitrogen and oxygen atoms in total. The highest BCUT2D eigenvalue weighted by atomic mass is 35.5. The van der Waals surface area contributed by atoms with E-state index in [0.29, 0.717) is 37.7 Å². The molecule has 1 amide bonds. The Hall–Kier alpha value is -2.60. The van der Waals surface area contributed by atoms with E-state index in [1.54, 1.807) is 53.5 Å². The number of benzene rings is 3. The zero-order chi connectivity index (χ0) is 28.1. The number of carbonyl (C=O) groups is 2. The molecule has 0 saturated carbocycles. The summed E-state index contributed by atoms with van der Waals surface area (Å²) in [5.41, 5.74) is 3.44. The molecule has 1 heterocycles. The van der Waals surface area contributed by atoms with Crippen molar-refractivity contribution in [1.82, 2.24) is 10.2 Å². The number of Topliss-reactive ketones (excluding diaryl/α,β-unsaturated/α-hetero) is 1. The molecule has 39 heavy (non-hydrogen) atoms. The second-order valence-corrected chi connectivity index (χ2v) is 11.4.